The lowest BCUT2D eigenvalue weighted by Gasteiger charge is -2.16. The number of alkyl halides is 1. The maximum absolute atomic E-state index is 6.61. The molecule has 0 saturated heterocycles. The van der Waals surface area contributed by atoms with Crippen LogP contribution in [-0.2, 0) is 6.42 Å². The summed E-state index contributed by atoms with van der Waals surface area (Å²) in [7, 11) is 3.31. The van der Waals surface area contributed by atoms with Crippen molar-refractivity contribution in [2.45, 2.75) is 25.6 Å². The van der Waals surface area contributed by atoms with Gasteiger partial charge in [0, 0.05) is 5.56 Å². The highest BCUT2D eigenvalue weighted by atomic mass is 35.5. The molecule has 1 unspecified atom stereocenters. The highest BCUT2D eigenvalue weighted by molar-refractivity contribution is 6.21. The zero-order valence-corrected chi connectivity index (χ0v) is 13.7. The second-order valence-corrected chi connectivity index (χ2v) is 5.72. The Morgan fingerprint density at radius 1 is 0.952 bits per heavy atom. The topological polar surface area (TPSA) is 18.5 Å². The molecule has 0 saturated carbocycles. The maximum Gasteiger partial charge on any atom is 0.123 e. The van der Waals surface area contributed by atoms with Gasteiger partial charge < -0.3 is 9.47 Å². The van der Waals surface area contributed by atoms with E-state index in [0.717, 1.165) is 23.5 Å². The standard InChI is InChI=1S/C18H21ClO2/c1-12-5-6-14(9-13(12)2)10-17(19)16-11-15(20-3)7-8-18(16)21-4/h5-9,11,17H,10H2,1-4H3. The molecule has 0 heterocycles. The Balaban J connectivity index is 2.26. The minimum atomic E-state index is -0.155. The Morgan fingerprint density at radius 2 is 1.71 bits per heavy atom. The van der Waals surface area contributed by atoms with E-state index in [2.05, 4.69) is 32.0 Å². The number of benzene rings is 2. The lowest BCUT2D eigenvalue weighted by atomic mass is 9.99. The molecule has 3 heteroatoms. The van der Waals surface area contributed by atoms with Crippen LogP contribution in [-0.4, -0.2) is 14.2 Å². The van der Waals surface area contributed by atoms with Crippen LogP contribution in [0.4, 0.5) is 0 Å². The van der Waals surface area contributed by atoms with Gasteiger partial charge in [0.25, 0.3) is 0 Å². The van der Waals surface area contributed by atoms with Crippen LogP contribution < -0.4 is 9.47 Å². The molecule has 2 aromatic carbocycles. The zero-order chi connectivity index (χ0) is 15.4. The predicted octanol–water partition coefficient (Wildman–Crippen LogP) is 4.84. The summed E-state index contributed by atoms with van der Waals surface area (Å²) in [5, 5.41) is -0.155. The van der Waals surface area contributed by atoms with Gasteiger partial charge in [0.1, 0.15) is 11.5 Å². The van der Waals surface area contributed by atoms with E-state index in [1.165, 1.54) is 16.7 Å². The van der Waals surface area contributed by atoms with E-state index < -0.39 is 0 Å². The molecule has 0 fully saturated rings. The fraction of sp³-hybridized carbons (Fsp3) is 0.333. The molecule has 0 radical (unpaired) electrons. The molecule has 112 valence electrons. The van der Waals surface area contributed by atoms with E-state index in [1.54, 1.807) is 14.2 Å². The third-order valence-electron chi connectivity index (χ3n) is 3.76. The minimum absolute atomic E-state index is 0.155. The van der Waals surface area contributed by atoms with Gasteiger partial charge in [-0.2, -0.15) is 0 Å². The van der Waals surface area contributed by atoms with Crippen molar-refractivity contribution < 1.29 is 9.47 Å². The number of halogens is 1. The third kappa shape index (κ3) is 3.70. The average Bonchev–Trinajstić information content (AvgIpc) is 2.50. The Bertz CT molecular complexity index is 623. The number of hydrogen-bond donors (Lipinski definition) is 0. The van der Waals surface area contributed by atoms with Crippen molar-refractivity contribution in [2.75, 3.05) is 14.2 Å². The van der Waals surface area contributed by atoms with E-state index >= 15 is 0 Å². The molecule has 0 aliphatic rings. The van der Waals surface area contributed by atoms with Gasteiger partial charge in [-0.05, 0) is 55.2 Å². The van der Waals surface area contributed by atoms with Gasteiger partial charge in [-0.25, -0.2) is 0 Å². The van der Waals surface area contributed by atoms with Crippen LogP contribution in [0.25, 0.3) is 0 Å². The van der Waals surface area contributed by atoms with Crippen LogP contribution in [0.3, 0.4) is 0 Å². The molecule has 2 rings (SSSR count). The molecule has 0 amide bonds. The fourth-order valence-corrected chi connectivity index (χ4v) is 2.68. The van der Waals surface area contributed by atoms with E-state index in [0.29, 0.717) is 0 Å². The molecule has 2 aromatic rings. The largest absolute Gasteiger partial charge is 0.497 e. The first-order valence-electron chi connectivity index (χ1n) is 6.97. The van der Waals surface area contributed by atoms with Crippen molar-refractivity contribution in [1.82, 2.24) is 0 Å². The molecule has 0 bridgehead atoms. The summed E-state index contributed by atoms with van der Waals surface area (Å²) in [5.41, 5.74) is 4.76. The number of rotatable bonds is 5. The molecule has 0 aliphatic heterocycles. The molecule has 0 aromatic heterocycles. The monoisotopic (exact) mass is 304 g/mol. The second kappa shape index (κ2) is 6.86. The average molecular weight is 305 g/mol. The SMILES string of the molecule is COc1ccc(OC)c(C(Cl)Cc2ccc(C)c(C)c2)c1. The summed E-state index contributed by atoms with van der Waals surface area (Å²) in [5.74, 6) is 1.58. The van der Waals surface area contributed by atoms with Crippen LogP contribution in [0.1, 0.15) is 27.6 Å². The first-order chi connectivity index (χ1) is 10.0. The van der Waals surface area contributed by atoms with E-state index in [1.807, 2.05) is 18.2 Å². The van der Waals surface area contributed by atoms with E-state index in [-0.39, 0.29) is 5.38 Å². The predicted molar refractivity (Wildman–Crippen MR) is 87.8 cm³/mol. The van der Waals surface area contributed by atoms with Crippen molar-refractivity contribution >= 4 is 11.6 Å². The highest BCUT2D eigenvalue weighted by Crippen LogP contribution is 2.35. The van der Waals surface area contributed by atoms with Crippen LogP contribution >= 0.6 is 11.6 Å². The highest BCUT2D eigenvalue weighted by Gasteiger charge is 2.15. The number of ether oxygens (including phenoxy) is 2. The minimum Gasteiger partial charge on any atom is -0.497 e. The smallest absolute Gasteiger partial charge is 0.123 e. The molecule has 21 heavy (non-hydrogen) atoms. The first-order valence-corrected chi connectivity index (χ1v) is 7.41. The quantitative estimate of drug-likeness (QED) is 0.736. The Hall–Kier alpha value is -1.67. The Kier molecular flexibility index (Phi) is 5.13. The van der Waals surface area contributed by atoms with Crippen molar-refractivity contribution in [3.8, 4) is 11.5 Å². The summed E-state index contributed by atoms with van der Waals surface area (Å²) in [6.45, 7) is 4.23. The molecular weight excluding hydrogens is 284 g/mol. The van der Waals surface area contributed by atoms with Crippen molar-refractivity contribution in [1.29, 1.82) is 0 Å². The van der Waals surface area contributed by atoms with Crippen LogP contribution in [0.15, 0.2) is 36.4 Å². The van der Waals surface area contributed by atoms with Gasteiger partial charge in [0.05, 0.1) is 19.6 Å². The molecule has 2 nitrogen and oxygen atoms in total. The van der Waals surface area contributed by atoms with E-state index in [4.69, 9.17) is 21.1 Å². The summed E-state index contributed by atoms with van der Waals surface area (Å²) >= 11 is 6.61. The van der Waals surface area contributed by atoms with Crippen LogP contribution in [0, 0.1) is 13.8 Å². The maximum atomic E-state index is 6.61. The van der Waals surface area contributed by atoms with Crippen molar-refractivity contribution in [2.24, 2.45) is 0 Å². The van der Waals surface area contributed by atoms with Gasteiger partial charge in [-0.15, -0.1) is 11.6 Å². The zero-order valence-electron chi connectivity index (χ0n) is 12.9. The summed E-state index contributed by atoms with van der Waals surface area (Å²) < 4.78 is 10.7. The summed E-state index contributed by atoms with van der Waals surface area (Å²) in [4.78, 5) is 0. The van der Waals surface area contributed by atoms with Crippen molar-refractivity contribution in [3.63, 3.8) is 0 Å². The summed E-state index contributed by atoms with van der Waals surface area (Å²) in [6.07, 6.45) is 0.756. The van der Waals surface area contributed by atoms with E-state index in [9.17, 15) is 0 Å². The molecule has 1 atom stereocenters. The first kappa shape index (κ1) is 15.7. The third-order valence-corrected chi connectivity index (χ3v) is 4.15. The number of hydrogen-bond acceptors (Lipinski definition) is 2. The fourth-order valence-electron chi connectivity index (χ4n) is 2.33. The Morgan fingerprint density at radius 3 is 2.33 bits per heavy atom. The second-order valence-electron chi connectivity index (χ2n) is 5.20. The lowest BCUT2D eigenvalue weighted by Crippen LogP contribution is -2.00. The molecule has 0 N–H and O–H groups in total. The van der Waals surface area contributed by atoms with Gasteiger partial charge in [0.15, 0.2) is 0 Å². The molecular formula is C18H21ClO2. The van der Waals surface area contributed by atoms with Crippen molar-refractivity contribution in [3.05, 3.63) is 58.7 Å². The van der Waals surface area contributed by atoms with Gasteiger partial charge >= 0.3 is 0 Å². The van der Waals surface area contributed by atoms with Gasteiger partial charge in [-0.3, -0.25) is 0 Å². The molecule has 0 spiro atoms. The number of methoxy groups -OCH3 is 2. The Labute approximate surface area is 131 Å². The van der Waals surface area contributed by atoms with Gasteiger partial charge in [0.2, 0.25) is 0 Å². The normalized spacial score (nSPS) is 12.0. The lowest BCUT2D eigenvalue weighted by molar-refractivity contribution is 0.398. The molecule has 0 aliphatic carbocycles. The summed E-state index contributed by atoms with van der Waals surface area (Å²) in [6, 6.07) is 12.2. The van der Waals surface area contributed by atoms with Crippen LogP contribution in [0.2, 0.25) is 0 Å². The van der Waals surface area contributed by atoms with Crippen LogP contribution in [0.5, 0.6) is 11.5 Å². The number of aryl methyl sites for hydroxylation is 2. The van der Waals surface area contributed by atoms with Gasteiger partial charge in [-0.1, -0.05) is 18.2 Å².